The highest BCUT2D eigenvalue weighted by Gasteiger charge is 2.23. The summed E-state index contributed by atoms with van der Waals surface area (Å²) in [5.74, 6) is 0. The third-order valence-electron chi connectivity index (χ3n) is 2.47. The van der Waals surface area contributed by atoms with Gasteiger partial charge in [-0.3, -0.25) is 4.57 Å². The zero-order chi connectivity index (χ0) is 15.8. The van der Waals surface area contributed by atoms with Crippen molar-refractivity contribution >= 4 is 43.6 Å². The Bertz CT molecular complexity index is 873. The highest BCUT2D eigenvalue weighted by molar-refractivity contribution is 9.10. The number of carbonyl (C=O) groups excluding carboxylic acids is 1. The number of aromatic nitrogens is 3. The predicted molar refractivity (Wildman–Crippen MR) is 77.7 cm³/mol. The molecule has 0 fully saturated rings. The van der Waals surface area contributed by atoms with E-state index in [1.165, 1.54) is 25.2 Å². The van der Waals surface area contributed by atoms with Gasteiger partial charge in [0.05, 0.1) is 0 Å². The molecule has 1 N–H and O–H groups in total. The molecule has 1 aromatic heterocycles. The van der Waals surface area contributed by atoms with Crippen molar-refractivity contribution in [2.24, 2.45) is 7.05 Å². The van der Waals surface area contributed by atoms with Crippen LogP contribution in [-0.2, 0) is 17.1 Å². The van der Waals surface area contributed by atoms with Crippen LogP contribution < -0.4 is 10.4 Å². The maximum atomic E-state index is 12.1. The van der Waals surface area contributed by atoms with E-state index < -0.39 is 21.7 Å². The van der Waals surface area contributed by atoms with Crippen LogP contribution >= 0.6 is 27.5 Å². The maximum absolute atomic E-state index is 12.1. The highest BCUT2D eigenvalue weighted by Crippen LogP contribution is 2.20. The molecule has 8 nitrogen and oxygen atoms in total. The minimum absolute atomic E-state index is 0.145. The van der Waals surface area contributed by atoms with Crippen LogP contribution in [0.25, 0.3) is 0 Å². The molecule has 0 bridgehead atoms. The number of carbonyl (C=O) groups is 1. The van der Waals surface area contributed by atoms with E-state index in [1.807, 2.05) is 0 Å². The van der Waals surface area contributed by atoms with Gasteiger partial charge in [-0.05, 0) is 39.7 Å². The molecule has 2 rings (SSSR count). The summed E-state index contributed by atoms with van der Waals surface area (Å²) < 4.78 is 27.4. The molecule has 1 aromatic carbocycles. The first-order valence-electron chi connectivity index (χ1n) is 5.37. The molecule has 0 aliphatic heterocycles. The smallest absolute Gasteiger partial charge is 0.268 e. The topological polar surface area (TPSA) is 103 Å². The lowest BCUT2D eigenvalue weighted by Gasteiger charge is -2.07. The Morgan fingerprint density at radius 2 is 2.00 bits per heavy atom. The molecule has 0 saturated heterocycles. The number of amides is 1. The Morgan fingerprint density at radius 3 is 2.52 bits per heavy atom. The van der Waals surface area contributed by atoms with Crippen LogP contribution in [0, 0.1) is 0 Å². The molecule has 1 heterocycles. The third-order valence-corrected chi connectivity index (χ3v) is 5.13. The summed E-state index contributed by atoms with van der Waals surface area (Å²) >= 11 is 8.65. The minimum Gasteiger partial charge on any atom is -0.268 e. The number of rotatable bonds is 2. The van der Waals surface area contributed by atoms with E-state index in [1.54, 1.807) is 10.8 Å². The quantitative estimate of drug-likeness (QED) is 0.815. The second-order valence-electron chi connectivity index (χ2n) is 3.86. The van der Waals surface area contributed by atoms with Crippen molar-refractivity contribution in [1.82, 2.24) is 19.1 Å². The summed E-state index contributed by atoms with van der Waals surface area (Å²) in [5.41, 5.74) is -0.861. The molecule has 0 radical (unpaired) electrons. The van der Waals surface area contributed by atoms with E-state index in [4.69, 9.17) is 11.6 Å². The van der Waals surface area contributed by atoms with Gasteiger partial charge >= 0.3 is 11.7 Å². The lowest BCUT2D eigenvalue weighted by molar-refractivity contribution is 0.243. The first-order valence-corrected chi connectivity index (χ1v) is 8.02. The molecule has 112 valence electrons. The molecule has 0 atom stereocenters. The van der Waals surface area contributed by atoms with E-state index >= 15 is 0 Å². The Labute approximate surface area is 132 Å². The number of hydrogen-bond donors (Lipinski definition) is 1. The molecule has 11 heteroatoms. The average Bonchev–Trinajstić information content (AvgIpc) is 2.66. The van der Waals surface area contributed by atoms with Crippen molar-refractivity contribution in [1.29, 1.82) is 0 Å². The summed E-state index contributed by atoms with van der Waals surface area (Å²) in [7, 11) is -2.86. The van der Waals surface area contributed by atoms with E-state index in [9.17, 15) is 18.0 Å². The fourth-order valence-corrected chi connectivity index (χ4v) is 3.50. The first kappa shape index (κ1) is 15.7. The second kappa shape index (κ2) is 5.62. The Morgan fingerprint density at radius 1 is 1.38 bits per heavy atom. The van der Waals surface area contributed by atoms with E-state index in [0.29, 0.717) is 4.68 Å². The molecule has 0 spiro atoms. The molecular formula is C10H8BrClN4O4S. The lowest BCUT2D eigenvalue weighted by atomic mass is 10.4. The minimum atomic E-state index is -4.16. The van der Waals surface area contributed by atoms with Gasteiger partial charge in [-0.15, -0.1) is 9.78 Å². The first-order chi connectivity index (χ1) is 9.74. The monoisotopic (exact) mass is 394 g/mol. The van der Waals surface area contributed by atoms with Crippen molar-refractivity contribution in [3.05, 3.63) is 44.5 Å². The summed E-state index contributed by atoms with van der Waals surface area (Å²) in [4.78, 5) is 23.3. The molecule has 2 aromatic rings. The second-order valence-corrected chi connectivity index (χ2v) is 6.71. The third kappa shape index (κ3) is 3.01. The average molecular weight is 396 g/mol. The molecular weight excluding hydrogens is 388 g/mol. The fraction of sp³-hybridized carbons (Fsp3) is 0.100. The van der Waals surface area contributed by atoms with Gasteiger partial charge in [0.15, 0.2) is 0 Å². The van der Waals surface area contributed by atoms with Gasteiger partial charge in [-0.2, -0.15) is 0 Å². The van der Waals surface area contributed by atoms with Crippen LogP contribution in [0.2, 0.25) is 5.28 Å². The van der Waals surface area contributed by atoms with Gasteiger partial charge in [-0.25, -0.2) is 22.7 Å². The van der Waals surface area contributed by atoms with Gasteiger partial charge < -0.3 is 0 Å². The zero-order valence-corrected chi connectivity index (χ0v) is 13.6. The number of nitrogens with zero attached hydrogens (tertiary/aromatic N) is 3. The van der Waals surface area contributed by atoms with Gasteiger partial charge in [0.25, 0.3) is 10.0 Å². The molecule has 21 heavy (non-hydrogen) atoms. The van der Waals surface area contributed by atoms with E-state index in [2.05, 4.69) is 21.0 Å². The molecule has 0 aliphatic carbocycles. The van der Waals surface area contributed by atoms with Crippen LogP contribution in [0.5, 0.6) is 0 Å². The van der Waals surface area contributed by atoms with Crippen molar-refractivity contribution in [2.75, 3.05) is 0 Å². The predicted octanol–water partition coefficient (Wildman–Crippen LogP) is 0.944. The van der Waals surface area contributed by atoms with E-state index in [-0.39, 0.29) is 14.7 Å². The Hall–Kier alpha value is -1.65. The summed E-state index contributed by atoms with van der Waals surface area (Å²) in [6, 6.07) is 4.69. The highest BCUT2D eigenvalue weighted by atomic mass is 79.9. The molecule has 1 amide bonds. The van der Waals surface area contributed by atoms with Gasteiger partial charge in [0.2, 0.25) is 5.28 Å². The Kier molecular flexibility index (Phi) is 4.21. The normalized spacial score (nSPS) is 11.4. The van der Waals surface area contributed by atoms with Crippen LogP contribution in [0.4, 0.5) is 4.79 Å². The summed E-state index contributed by atoms with van der Waals surface area (Å²) in [5, 5.41) is 3.21. The molecule has 0 aliphatic rings. The fourth-order valence-electron chi connectivity index (χ4n) is 1.42. The maximum Gasteiger partial charge on any atom is 0.360 e. The van der Waals surface area contributed by atoms with Gasteiger partial charge in [-0.1, -0.05) is 12.1 Å². The van der Waals surface area contributed by atoms with Crippen LogP contribution in [0.15, 0.2) is 38.4 Å². The number of benzene rings is 1. The van der Waals surface area contributed by atoms with Crippen LogP contribution in [0.3, 0.4) is 0 Å². The zero-order valence-electron chi connectivity index (χ0n) is 10.4. The van der Waals surface area contributed by atoms with Crippen molar-refractivity contribution in [3.8, 4) is 0 Å². The standard InChI is InChI=1S/C10H8BrClN4O4S/c1-15-8(12)13-16(10(15)18)9(17)14-21(19,20)7-5-3-2-4-6(7)11/h2-5H,1H3,(H,14,17). The van der Waals surface area contributed by atoms with Crippen molar-refractivity contribution in [3.63, 3.8) is 0 Å². The summed E-state index contributed by atoms with van der Waals surface area (Å²) in [6.07, 6.45) is 0. The molecule has 0 unspecified atom stereocenters. The van der Waals surface area contributed by atoms with Crippen LogP contribution in [-0.4, -0.2) is 28.8 Å². The lowest BCUT2D eigenvalue weighted by Crippen LogP contribution is -2.40. The number of halogens is 2. The number of nitrogens with one attached hydrogen (secondary N) is 1. The largest absolute Gasteiger partial charge is 0.360 e. The molecule has 0 saturated carbocycles. The number of hydrogen-bond acceptors (Lipinski definition) is 5. The van der Waals surface area contributed by atoms with Gasteiger partial charge in [0.1, 0.15) is 4.90 Å². The SMILES string of the molecule is Cn1c(Cl)nn(C(=O)NS(=O)(=O)c2ccccc2Br)c1=O. The Balaban J connectivity index is 2.37. The van der Waals surface area contributed by atoms with Crippen molar-refractivity contribution < 1.29 is 13.2 Å². The summed E-state index contributed by atoms with van der Waals surface area (Å²) in [6.45, 7) is 0. The van der Waals surface area contributed by atoms with Crippen molar-refractivity contribution in [2.45, 2.75) is 4.90 Å². The van der Waals surface area contributed by atoms with Crippen LogP contribution in [0.1, 0.15) is 0 Å². The van der Waals surface area contributed by atoms with E-state index in [0.717, 1.165) is 4.57 Å². The number of sulfonamides is 1. The van der Waals surface area contributed by atoms with Gasteiger partial charge in [0, 0.05) is 11.5 Å².